The minimum atomic E-state index is 0.642. The first kappa shape index (κ1) is 14.2. The zero-order valence-corrected chi connectivity index (χ0v) is 12.7. The third-order valence-electron chi connectivity index (χ3n) is 3.93. The number of piperazine rings is 1. The van der Waals surface area contributed by atoms with Gasteiger partial charge >= 0.3 is 0 Å². The summed E-state index contributed by atoms with van der Waals surface area (Å²) in [7, 11) is 4.23. The third kappa shape index (κ3) is 3.41. The largest absolute Gasteiger partial charge is 0.377 e. The number of aryl methyl sites for hydroxylation is 1. The smallest absolute Gasteiger partial charge is 0.0411 e. The molecule has 0 amide bonds. The molecule has 1 aromatic carbocycles. The van der Waals surface area contributed by atoms with E-state index in [2.05, 4.69) is 61.3 Å². The molecule has 1 heterocycles. The van der Waals surface area contributed by atoms with Crippen LogP contribution in [0, 0.1) is 6.92 Å². The van der Waals surface area contributed by atoms with Crippen LogP contribution in [-0.4, -0.2) is 39.8 Å². The predicted molar refractivity (Wildman–Crippen MR) is 84.4 cm³/mol. The van der Waals surface area contributed by atoms with Gasteiger partial charge in [0.05, 0.1) is 0 Å². The summed E-state index contributed by atoms with van der Waals surface area (Å²) in [5.74, 6) is 0. The Bertz CT molecular complexity index is 412. The summed E-state index contributed by atoms with van der Waals surface area (Å²) in [5, 5.41) is 3.62. The normalized spacial score (nSPS) is 19.6. The van der Waals surface area contributed by atoms with E-state index in [1.165, 1.54) is 29.8 Å². The summed E-state index contributed by atoms with van der Waals surface area (Å²) >= 11 is 0. The molecular formula is C16H27N3. The van der Waals surface area contributed by atoms with E-state index >= 15 is 0 Å². The van der Waals surface area contributed by atoms with E-state index in [0.29, 0.717) is 6.04 Å². The van der Waals surface area contributed by atoms with Crippen molar-refractivity contribution in [3.63, 3.8) is 0 Å². The lowest BCUT2D eigenvalue weighted by Gasteiger charge is -2.36. The number of anilines is 2. The van der Waals surface area contributed by atoms with E-state index in [9.17, 15) is 0 Å². The Morgan fingerprint density at radius 1 is 1.37 bits per heavy atom. The van der Waals surface area contributed by atoms with Crippen molar-refractivity contribution in [2.24, 2.45) is 0 Å². The number of nitrogens with one attached hydrogen (secondary N) is 1. The molecule has 0 aliphatic carbocycles. The van der Waals surface area contributed by atoms with Gasteiger partial charge in [-0.05, 0) is 31.0 Å². The van der Waals surface area contributed by atoms with Gasteiger partial charge in [0.25, 0.3) is 0 Å². The lowest BCUT2D eigenvalue weighted by molar-refractivity contribution is 0.431. The van der Waals surface area contributed by atoms with Crippen molar-refractivity contribution < 1.29 is 0 Å². The molecule has 1 fully saturated rings. The van der Waals surface area contributed by atoms with E-state index in [1.807, 2.05) is 0 Å². The molecular weight excluding hydrogens is 234 g/mol. The molecule has 106 valence electrons. The number of hydrogen-bond donors (Lipinski definition) is 1. The summed E-state index contributed by atoms with van der Waals surface area (Å²) in [4.78, 5) is 4.72. The van der Waals surface area contributed by atoms with Gasteiger partial charge < -0.3 is 15.1 Å². The van der Waals surface area contributed by atoms with Gasteiger partial charge in [-0.25, -0.2) is 0 Å². The first-order valence-electron chi connectivity index (χ1n) is 7.38. The maximum absolute atomic E-state index is 3.62. The van der Waals surface area contributed by atoms with Gasteiger partial charge in [-0.2, -0.15) is 0 Å². The molecule has 0 bridgehead atoms. The summed E-state index contributed by atoms with van der Waals surface area (Å²) < 4.78 is 0. The van der Waals surface area contributed by atoms with Crippen molar-refractivity contribution >= 4 is 11.4 Å². The minimum absolute atomic E-state index is 0.642. The quantitative estimate of drug-likeness (QED) is 0.899. The second kappa shape index (κ2) is 6.29. The zero-order chi connectivity index (χ0) is 13.8. The molecule has 1 saturated heterocycles. The van der Waals surface area contributed by atoms with Crippen LogP contribution in [0.25, 0.3) is 0 Å². The van der Waals surface area contributed by atoms with Crippen molar-refractivity contribution in [3.05, 3.63) is 23.8 Å². The van der Waals surface area contributed by atoms with Gasteiger partial charge in [0.1, 0.15) is 0 Å². The SMILES string of the molecule is CCCC1CN(c2ccc(C)c(N(C)C)c2)CCN1. The van der Waals surface area contributed by atoms with Gasteiger partial charge in [-0.3, -0.25) is 0 Å². The second-order valence-electron chi connectivity index (χ2n) is 5.75. The molecule has 3 heteroatoms. The molecule has 1 unspecified atom stereocenters. The molecule has 1 N–H and O–H groups in total. The van der Waals surface area contributed by atoms with Crippen LogP contribution in [0.2, 0.25) is 0 Å². The fourth-order valence-electron chi connectivity index (χ4n) is 2.88. The van der Waals surface area contributed by atoms with E-state index in [0.717, 1.165) is 19.6 Å². The van der Waals surface area contributed by atoms with Crippen molar-refractivity contribution in [1.82, 2.24) is 5.32 Å². The summed E-state index contributed by atoms with van der Waals surface area (Å²) in [6.45, 7) is 7.77. The summed E-state index contributed by atoms with van der Waals surface area (Å²) in [6, 6.07) is 7.46. The Balaban J connectivity index is 2.14. The van der Waals surface area contributed by atoms with E-state index in [-0.39, 0.29) is 0 Å². The molecule has 1 aliphatic rings. The van der Waals surface area contributed by atoms with E-state index in [4.69, 9.17) is 0 Å². The molecule has 0 spiro atoms. The van der Waals surface area contributed by atoms with Crippen LogP contribution in [0.15, 0.2) is 18.2 Å². The Morgan fingerprint density at radius 2 is 2.16 bits per heavy atom. The topological polar surface area (TPSA) is 18.5 Å². The van der Waals surface area contributed by atoms with Crippen molar-refractivity contribution in [2.75, 3.05) is 43.5 Å². The van der Waals surface area contributed by atoms with Crippen molar-refractivity contribution in [1.29, 1.82) is 0 Å². The van der Waals surface area contributed by atoms with Crippen LogP contribution < -0.4 is 15.1 Å². The van der Waals surface area contributed by atoms with Crippen LogP contribution >= 0.6 is 0 Å². The fraction of sp³-hybridized carbons (Fsp3) is 0.625. The first-order valence-corrected chi connectivity index (χ1v) is 7.38. The van der Waals surface area contributed by atoms with Crippen molar-refractivity contribution in [3.8, 4) is 0 Å². The van der Waals surface area contributed by atoms with E-state index in [1.54, 1.807) is 0 Å². The Hall–Kier alpha value is -1.22. The van der Waals surface area contributed by atoms with Gasteiger partial charge in [0.15, 0.2) is 0 Å². The minimum Gasteiger partial charge on any atom is -0.377 e. The average molecular weight is 261 g/mol. The molecule has 0 radical (unpaired) electrons. The lowest BCUT2D eigenvalue weighted by atomic mass is 10.1. The first-order chi connectivity index (χ1) is 9.11. The maximum atomic E-state index is 3.62. The number of rotatable bonds is 4. The van der Waals surface area contributed by atoms with Gasteiger partial charge in [0.2, 0.25) is 0 Å². The third-order valence-corrected chi connectivity index (χ3v) is 3.93. The fourth-order valence-corrected chi connectivity index (χ4v) is 2.88. The average Bonchev–Trinajstić information content (AvgIpc) is 2.39. The molecule has 19 heavy (non-hydrogen) atoms. The Kier molecular flexibility index (Phi) is 4.70. The summed E-state index contributed by atoms with van der Waals surface area (Å²) in [6.07, 6.45) is 2.52. The highest BCUT2D eigenvalue weighted by atomic mass is 15.2. The second-order valence-corrected chi connectivity index (χ2v) is 5.75. The number of nitrogens with zero attached hydrogens (tertiary/aromatic N) is 2. The molecule has 0 aromatic heterocycles. The molecule has 1 aliphatic heterocycles. The maximum Gasteiger partial charge on any atom is 0.0411 e. The lowest BCUT2D eigenvalue weighted by Crippen LogP contribution is -2.50. The standard InChI is InChI=1S/C16H27N3/c1-5-6-14-12-19(10-9-17-14)15-8-7-13(2)16(11-15)18(3)4/h7-8,11,14,17H,5-6,9-10,12H2,1-4H3. The number of benzene rings is 1. The highest BCUT2D eigenvalue weighted by molar-refractivity contribution is 5.63. The van der Waals surface area contributed by atoms with Gasteiger partial charge in [0, 0.05) is 51.1 Å². The van der Waals surface area contributed by atoms with Crippen LogP contribution in [0.4, 0.5) is 11.4 Å². The highest BCUT2D eigenvalue weighted by Gasteiger charge is 2.19. The monoisotopic (exact) mass is 261 g/mol. The molecule has 0 saturated carbocycles. The Labute approximate surface area is 117 Å². The van der Waals surface area contributed by atoms with Crippen molar-refractivity contribution in [2.45, 2.75) is 32.7 Å². The van der Waals surface area contributed by atoms with Crippen LogP contribution in [-0.2, 0) is 0 Å². The molecule has 1 aromatic rings. The van der Waals surface area contributed by atoms with Crippen LogP contribution in [0.5, 0.6) is 0 Å². The molecule has 2 rings (SSSR count). The van der Waals surface area contributed by atoms with Crippen LogP contribution in [0.1, 0.15) is 25.3 Å². The zero-order valence-electron chi connectivity index (χ0n) is 12.7. The van der Waals surface area contributed by atoms with Gasteiger partial charge in [-0.1, -0.05) is 19.4 Å². The van der Waals surface area contributed by atoms with Crippen LogP contribution in [0.3, 0.4) is 0 Å². The summed E-state index contributed by atoms with van der Waals surface area (Å²) in [5.41, 5.74) is 4.02. The van der Waals surface area contributed by atoms with Gasteiger partial charge in [-0.15, -0.1) is 0 Å². The number of hydrogen-bond acceptors (Lipinski definition) is 3. The van der Waals surface area contributed by atoms with E-state index < -0.39 is 0 Å². The highest BCUT2D eigenvalue weighted by Crippen LogP contribution is 2.26. The predicted octanol–water partition coefficient (Wildman–Crippen LogP) is 2.64. The molecule has 3 nitrogen and oxygen atoms in total. The Morgan fingerprint density at radius 3 is 2.84 bits per heavy atom. The molecule has 1 atom stereocenters.